The molecule has 1 aliphatic heterocycles. The molecular formula is C23H23N3O3. The van der Waals surface area contributed by atoms with E-state index in [0.29, 0.717) is 12.1 Å². The molecule has 0 radical (unpaired) electrons. The van der Waals surface area contributed by atoms with Gasteiger partial charge in [-0.3, -0.25) is 24.3 Å². The zero-order chi connectivity index (χ0) is 20.1. The van der Waals surface area contributed by atoms with Crippen molar-refractivity contribution < 1.29 is 14.4 Å². The summed E-state index contributed by atoms with van der Waals surface area (Å²) in [7, 11) is 0. The van der Waals surface area contributed by atoms with Gasteiger partial charge in [-0.15, -0.1) is 0 Å². The summed E-state index contributed by atoms with van der Waals surface area (Å²) in [5.41, 5.74) is 1.47. The van der Waals surface area contributed by atoms with Crippen molar-refractivity contribution in [2.24, 2.45) is 23.7 Å². The quantitative estimate of drug-likeness (QED) is 0.644. The van der Waals surface area contributed by atoms with Crippen LogP contribution in [0, 0.1) is 23.7 Å². The van der Waals surface area contributed by atoms with Crippen molar-refractivity contribution in [3.05, 3.63) is 48.7 Å². The Morgan fingerprint density at radius 1 is 1.14 bits per heavy atom. The van der Waals surface area contributed by atoms with Crippen LogP contribution in [0.4, 0.5) is 5.69 Å². The molecule has 29 heavy (non-hydrogen) atoms. The Morgan fingerprint density at radius 2 is 1.83 bits per heavy atom. The molecular weight excluding hydrogens is 366 g/mol. The molecule has 5 atom stereocenters. The molecule has 3 amide bonds. The molecule has 6 rings (SSSR count). The molecule has 0 spiro atoms. The van der Waals surface area contributed by atoms with Gasteiger partial charge in [0, 0.05) is 17.3 Å². The van der Waals surface area contributed by atoms with Crippen LogP contribution < -0.4 is 5.32 Å². The van der Waals surface area contributed by atoms with E-state index in [4.69, 9.17) is 0 Å². The highest BCUT2D eigenvalue weighted by Crippen LogP contribution is 2.50. The van der Waals surface area contributed by atoms with Gasteiger partial charge in [0.15, 0.2) is 0 Å². The SMILES string of the molecule is CC[C@H](C(=O)Nc1ccc2ncccc2c1)N1C(=O)[C@@H]2[C@@H](C1=O)[C@H]1C=C[C@H]2CC1. The molecule has 2 heterocycles. The van der Waals surface area contributed by atoms with Gasteiger partial charge >= 0.3 is 0 Å². The van der Waals surface area contributed by atoms with Gasteiger partial charge in [-0.05, 0) is 55.4 Å². The predicted octanol–water partition coefficient (Wildman–Crippen LogP) is 3.15. The highest BCUT2D eigenvalue weighted by molar-refractivity contribution is 6.10. The highest BCUT2D eigenvalue weighted by Gasteiger charge is 2.58. The van der Waals surface area contributed by atoms with E-state index in [1.807, 2.05) is 31.2 Å². The van der Waals surface area contributed by atoms with Crippen molar-refractivity contribution in [3.63, 3.8) is 0 Å². The normalized spacial score (nSPS) is 28.7. The van der Waals surface area contributed by atoms with Crippen molar-refractivity contribution in [2.45, 2.75) is 32.2 Å². The van der Waals surface area contributed by atoms with Crippen LogP contribution in [0.2, 0.25) is 0 Å². The van der Waals surface area contributed by atoms with Crippen molar-refractivity contribution in [1.29, 1.82) is 0 Å². The molecule has 4 aliphatic rings. The number of allylic oxidation sites excluding steroid dienone is 2. The van der Waals surface area contributed by atoms with Crippen LogP contribution in [-0.4, -0.2) is 33.6 Å². The van der Waals surface area contributed by atoms with E-state index in [0.717, 1.165) is 23.7 Å². The highest BCUT2D eigenvalue weighted by atomic mass is 16.2. The molecule has 1 saturated carbocycles. The minimum atomic E-state index is -0.787. The fourth-order valence-electron chi connectivity index (χ4n) is 5.27. The fourth-order valence-corrected chi connectivity index (χ4v) is 5.27. The summed E-state index contributed by atoms with van der Waals surface area (Å²) in [4.78, 5) is 44.9. The topological polar surface area (TPSA) is 79.4 Å². The zero-order valence-corrected chi connectivity index (χ0v) is 16.2. The Balaban J connectivity index is 1.40. The van der Waals surface area contributed by atoms with Gasteiger partial charge in [-0.1, -0.05) is 25.1 Å². The zero-order valence-electron chi connectivity index (χ0n) is 16.2. The van der Waals surface area contributed by atoms with E-state index < -0.39 is 6.04 Å². The van der Waals surface area contributed by atoms with E-state index in [2.05, 4.69) is 22.5 Å². The third-order valence-electron chi connectivity index (χ3n) is 6.67. The number of nitrogens with one attached hydrogen (secondary N) is 1. The lowest BCUT2D eigenvalue weighted by Crippen LogP contribution is -2.47. The van der Waals surface area contributed by atoms with Crippen LogP contribution in [0.5, 0.6) is 0 Å². The number of benzene rings is 1. The molecule has 1 aromatic carbocycles. The summed E-state index contributed by atoms with van der Waals surface area (Å²) in [6, 6.07) is 8.47. The van der Waals surface area contributed by atoms with Gasteiger partial charge in [0.1, 0.15) is 6.04 Å². The van der Waals surface area contributed by atoms with Crippen LogP contribution in [-0.2, 0) is 14.4 Å². The Hall–Kier alpha value is -3.02. The second-order valence-electron chi connectivity index (χ2n) is 8.21. The van der Waals surface area contributed by atoms with Gasteiger partial charge in [0.05, 0.1) is 17.4 Å². The van der Waals surface area contributed by atoms with Crippen LogP contribution in [0.25, 0.3) is 10.9 Å². The van der Waals surface area contributed by atoms with E-state index in [1.54, 1.807) is 12.3 Å². The van der Waals surface area contributed by atoms with Crippen LogP contribution in [0.15, 0.2) is 48.7 Å². The Labute approximate surface area is 169 Å². The number of amides is 3. The van der Waals surface area contributed by atoms with Gasteiger partial charge in [-0.25, -0.2) is 0 Å². The molecule has 2 fully saturated rings. The summed E-state index contributed by atoms with van der Waals surface area (Å²) >= 11 is 0. The first-order valence-corrected chi connectivity index (χ1v) is 10.3. The number of aromatic nitrogens is 1. The minimum Gasteiger partial charge on any atom is -0.324 e. The average Bonchev–Trinajstić information content (AvgIpc) is 3.03. The van der Waals surface area contributed by atoms with Crippen molar-refractivity contribution >= 4 is 34.3 Å². The Morgan fingerprint density at radius 3 is 2.45 bits per heavy atom. The number of nitrogens with zero attached hydrogens (tertiary/aromatic N) is 2. The minimum absolute atomic E-state index is 0.125. The number of hydrogen-bond acceptors (Lipinski definition) is 4. The number of rotatable bonds is 4. The van der Waals surface area contributed by atoms with Crippen molar-refractivity contribution in [3.8, 4) is 0 Å². The number of carbonyl (C=O) groups excluding carboxylic acids is 3. The first-order chi connectivity index (χ1) is 14.1. The standard InChI is InChI=1S/C23H23N3O3/c1-2-18(21(27)25-16-9-10-17-15(12-16)4-3-11-24-17)26-22(28)19-13-5-6-14(8-7-13)20(19)23(26)29/h3-6,9-14,18-20H,2,7-8H2,1H3,(H,25,27)/t13-,14-,18+,19-,20-/m0/s1. The maximum Gasteiger partial charge on any atom is 0.247 e. The second-order valence-corrected chi connectivity index (χ2v) is 8.21. The number of carbonyl (C=O) groups is 3. The smallest absolute Gasteiger partial charge is 0.247 e. The summed E-state index contributed by atoms with van der Waals surface area (Å²) in [5.74, 6) is -1.01. The van der Waals surface area contributed by atoms with Gasteiger partial charge < -0.3 is 5.32 Å². The van der Waals surface area contributed by atoms with Gasteiger partial charge in [0.25, 0.3) is 0 Å². The predicted molar refractivity (Wildman–Crippen MR) is 109 cm³/mol. The van der Waals surface area contributed by atoms with E-state index in [9.17, 15) is 14.4 Å². The molecule has 0 unspecified atom stereocenters. The summed E-state index contributed by atoms with van der Waals surface area (Å²) in [5, 5.41) is 3.81. The Bertz CT molecular complexity index is 1010. The van der Waals surface area contributed by atoms with Crippen molar-refractivity contribution in [1.82, 2.24) is 9.88 Å². The molecule has 148 valence electrons. The summed E-state index contributed by atoms with van der Waals surface area (Å²) in [6.45, 7) is 1.84. The number of hydrogen-bond donors (Lipinski definition) is 1. The number of fused-ring (bicyclic) bond motifs is 2. The second kappa shape index (κ2) is 6.79. The van der Waals surface area contributed by atoms with E-state index in [-0.39, 0.29) is 41.4 Å². The maximum absolute atomic E-state index is 13.2. The number of imide groups is 1. The molecule has 2 aromatic rings. The monoisotopic (exact) mass is 389 g/mol. The van der Waals surface area contributed by atoms with Crippen LogP contribution in [0.3, 0.4) is 0 Å². The summed E-state index contributed by atoms with van der Waals surface area (Å²) < 4.78 is 0. The molecule has 6 nitrogen and oxygen atoms in total. The first-order valence-electron chi connectivity index (χ1n) is 10.3. The number of pyridine rings is 1. The number of likely N-dealkylation sites (tertiary alicyclic amines) is 1. The third kappa shape index (κ3) is 2.77. The van der Waals surface area contributed by atoms with E-state index in [1.165, 1.54) is 4.90 Å². The molecule has 1 saturated heterocycles. The van der Waals surface area contributed by atoms with Gasteiger partial charge in [-0.2, -0.15) is 0 Å². The Kier molecular flexibility index (Phi) is 4.23. The van der Waals surface area contributed by atoms with Crippen LogP contribution in [0.1, 0.15) is 26.2 Å². The summed E-state index contributed by atoms with van der Waals surface area (Å²) in [6.07, 6.45) is 8.19. The maximum atomic E-state index is 13.2. The van der Waals surface area contributed by atoms with Crippen LogP contribution >= 0.6 is 0 Å². The fraction of sp³-hybridized carbons (Fsp3) is 0.391. The lowest BCUT2D eigenvalue weighted by Gasteiger charge is -2.38. The third-order valence-corrected chi connectivity index (χ3v) is 6.67. The lowest BCUT2D eigenvalue weighted by molar-refractivity contribution is -0.146. The van der Waals surface area contributed by atoms with Crippen molar-refractivity contribution in [2.75, 3.05) is 5.32 Å². The molecule has 1 N–H and O–H groups in total. The first kappa shape index (κ1) is 18.0. The molecule has 3 aliphatic carbocycles. The lowest BCUT2D eigenvalue weighted by atomic mass is 9.63. The van der Waals surface area contributed by atoms with E-state index >= 15 is 0 Å². The largest absolute Gasteiger partial charge is 0.324 e. The molecule has 6 heteroatoms. The number of anilines is 1. The molecule has 1 aromatic heterocycles. The average molecular weight is 389 g/mol. The molecule has 2 bridgehead atoms. The van der Waals surface area contributed by atoms with Gasteiger partial charge in [0.2, 0.25) is 17.7 Å².